The molecule has 0 aliphatic heterocycles. The summed E-state index contributed by atoms with van der Waals surface area (Å²) >= 11 is 0. The summed E-state index contributed by atoms with van der Waals surface area (Å²) in [6.07, 6.45) is 4.66. The highest BCUT2D eigenvalue weighted by atomic mass is 16.5. The van der Waals surface area contributed by atoms with Crippen molar-refractivity contribution in [3.8, 4) is 5.75 Å². The van der Waals surface area contributed by atoms with Crippen molar-refractivity contribution in [1.82, 2.24) is 5.32 Å². The number of carbonyl (C=O) groups is 1. The van der Waals surface area contributed by atoms with Gasteiger partial charge in [0, 0.05) is 12.0 Å². The van der Waals surface area contributed by atoms with E-state index in [9.17, 15) is 4.79 Å². The largest absolute Gasteiger partial charge is 0.496 e. The highest BCUT2D eigenvalue weighted by molar-refractivity contribution is 5.77. The van der Waals surface area contributed by atoms with Gasteiger partial charge in [0.15, 0.2) is 0 Å². The fourth-order valence-electron chi connectivity index (χ4n) is 2.42. The molecule has 4 nitrogen and oxygen atoms in total. The lowest BCUT2D eigenvalue weighted by Crippen LogP contribution is -2.41. The Hall–Kier alpha value is -1.55. The zero-order valence-electron chi connectivity index (χ0n) is 13.4. The molecular formula is C17H28N2O2. The van der Waals surface area contributed by atoms with Crippen LogP contribution in [-0.2, 0) is 10.3 Å². The summed E-state index contributed by atoms with van der Waals surface area (Å²) in [7, 11) is 1.65. The minimum atomic E-state index is -0.444. The summed E-state index contributed by atoms with van der Waals surface area (Å²) in [5.41, 5.74) is 6.00. The minimum Gasteiger partial charge on any atom is -0.496 e. The Labute approximate surface area is 128 Å². The van der Waals surface area contributed by atoms with Gasteiger partial charge in [-0.25, -0.2) is 0 Å². The van der Waals surface area contributed by atoms with Crippen molar-refractivity contribution in [2.75, 3.05) is 13.7 Å². The minimum absolute atomic E-state index is 0.0821. The number of ether oxygens (including phenoxy) is 1. The molecule has 0 radical (unpaired) electrons. The van der Waals surface area contributed by atoms with Crippen LogP contribution in [0.3, 0.4) is 0 Å². The van der Waals surface area contributed by atoms with Gasteiger partial charge < -0.3 is 15.8 Å². The summed E-state index contributed by atoms with van der Waals surface area (Å²) in [4.78, 5) is 12.1. The van der Waals surface area contributed by atoms with E-state index >= 15 is 0 Å². The molecule has 0 saturated heterocycles. The first-order chi connectivity index (χ1) is 10.0. The van der Waals surface area contributed by atoms with Crippen molar-refractivity contribution in [3.05, 3.63) is 29.8 Å². The molecule has 1 amide bonds. The third-order valence-corrected chi connectivity index (χ3v) is 3.59. The second-order valence-corrected chi connectivity index (χ2v) is 5.83. The SMILES string of the molecule is COc1ccccc1C(C)(C)NC(=O)CCCCCCN. The summed E-state index contributed by atoms with van der Waals surface area (Å²) < 4.78 is 5.38. The molecule has 0 heterocycles. The maximum atomic E-state index is 12.1. The second-order valence-electron chi connectivity index (χ2n) is 5.83. The van der Waals surface area contributed by atoms with E-state index in [0.29, 0.717) is 6.42 Å². The number of nitrogens with one attached hydrogen (secondary N) is 1. The van der Waals surface area contributed by atoms with Crippen molar-refractivity contribution in [2.45, 2.75) is 51.5 Å². The number of hydrogen-bond donors (Lipinski definition) is 2. The van der Waals surface area contributed by atoms with Crippen LogP contribution in [0.15, 0.2) is 24.3 Å². The smallest absolute Gasteiger partial charge is 0.220 e. The molecule has 0 atom stereocenters. The van der Waals surface area contributed by atoms with E-state index in [2.05, 4.69) is 5.32 Å². The van der Waals surface area contributed by atoms with E-state index in [1.807, 2.05) is 38.1 Å². The molecule has 0 aromatic heterocycles. The van der Waals surface area contributed by atoms with Gasteiger partial charge in [-0.15, -0.1) is 0 Å². The van der Waals surface area contributed by atoms with Crippen molar-refractivity contribution in [1.29, 1.82) is 0 Å². The Bertz CT molecular complexity index is 444. The number of benzene rings is 1. The van der Waals surface area contributed by atoms with Crippen molar-refractivity contribution >= 4 is 5.91 Å². The van der Waals surface area contributed by atoms with Gasteiger partial charge in [-0.2, -0.15) is 0 Å². The van der Waals surface area contributed by atoms with Crippen LogP contribution in [0.25, 0.3) is 0 Å². The Morgan fingerprint density at radius 1 is 1.19 bits per heavy atom. The number of hydrogen-bond acceptors (Lipinski definition) is 3. The molecule has 4 heteroatoms. The lowest BCUT2D eigenvalue weighted by Gasteiger charge is -2.28. The first kappa shape index (κ1) is 17.5. The third-order valence-electron chi connectivity index (χ3n) is 3.59. The van der Waals surface area contributed by atoms with Crippen LogP contribution in [0.2, 0.25) is 0 Å². The first-order valence-corrected chi connectivity index (χ1v) is 7.66. The molecule has 118 valence electrons. The van der Waals surface area contributed by atoms with Crippen LogP contribution in [0, 0.1) is 0 Å². The summed E-state index contributed by atoms with van der Waals surface area (Å²) in [5, 5.41) is 3.09. The molecular weight excluding hydrogens is 264 g/mol. The van der Waals surface area contributed by atoms with E-state index in [1.54, 1.807) is 7.11 Å². The van der Waals surface area contributed by atoms with Crippen LogP contribution in [-0.4, -0.2) is 19.6 Å². The van der Waals surface area contributed by atoms with E-state index in [-0.39, 0.29) is 5.91 Å². The normalized spacial score (nSPS) is 11.2. The number of nitrogens with two attached hydrogens (primary N) is 1. The maximum Gasteiger partial charge on any atom is 0.220 e. The second kappa shape index (κ2) is 8.67. The van der Waals surface area contributed by atoms with Crippen LogP contribution in [0.4, 0.5) is 0 Å². The molecule has 1 rings (SSSR count). The molecule has 0 unspecified atom stereocenters. The summed E-state index contributed by atoms with van der Waals surface area (Å²) in [6, 6.07) is 7.78. The van der Waals surface area contributed by atoms with Gasteiger partial charge in [-0.3, -0.25) is 4.79 Å². The van der Waals surface area contributed by atoms with E-state index in [4.69, 9.17) is 10.5 Å². The number of rotatable bonds is 9. The van der Waals surface area contributed by atoms with E-state index in [1.165, 1.54) is 0 Å². The molecule has 0 fully saturated rings. The van der Waals surface area contributed by atoms with Gasteiger partial charge in [0.2, 0.25) is 5.91 Å². The molecule has 0 bridgehead atoms. The Morgan fingerprint density at radius 2 is 1.86 bits per heavy atom. The molecule has 21 heavy (non-hydrogen) atoms. The van der Waals surface area contributed by atoms with Gasteiger partial charge >= 0.3 is 0 Å². The first-order valence-electron chi connectivity index (χ1n) is 7.66. The predicted octanol–water partition coefficient (Wildman–Crippen LogP) is 2.96. The van der Waals surface area contributed by atoms with Crippen molar-refractivity contribution in [3.63, 3.8) is 0 Å². The van der Waals surface area contributed by atoms with Crippen LogP contribution >= 0.6 is 0 Å². The Kier molecular flexibility index (Phi) is 7.23. The van der Waals surface area contributed by atoms with Crippen LogP contribution in [0.1, 0.15) is 51.5 Å². The highest BCUT2D eigenvalue weighted by Crippen LogP contribution is 2.29. The highest BCUT2D eigenvalue weighted by Gasteiger charge is 2.25. The molecule has 3 N–H and O–H groups in total. The summed E-state index contributed by atoms with van der Waals surface area (Å²) in [5.74, 6) is 0.879. The Morgan fingerprint density at radius 3 is 2.52 bits per heavy atom. The summed E-state index contributed by atoms with van der Waals surface area (Å²) in [6.45, 7) is 4.72. The number of amides is 1. The van der Waals surface area contributed by atoms with E-state index < -0.39 is 5.54 Å². The van der Waals surface area contributed by atoms with Crippen LogP contribution in [0.5, 0.6) is 5.75 Å². The zero-order chi connectivity index (χ0) is 15.7. The van der Waals surface area contributed by atoms with Gasteiger partial charge in [-0.05, 0) is 39.3 Å². The average Bonchev–Trinajstić information content (AvgIpc) is 2.46. The van der Waals surface area contributed by atoms with Gasteiger partial charge in [0.1, 0.15) is 5.75 Å². The molecule has 1 aromatic carbocycles. The zero-order valence-corrected chi connectivity index (χ0v) is 13.4. The monoisotopic (exact) mass is 292 g/mol. The number of carbonyl (C=O) groups excluding carboxylic acids is 1. The molecule has 0 spiro atoms. The van der Waals surface area contributed by atoms with Crippen molar-refractivity contribution < 1.29 is 9.53 Å². The number of para-hydroxylation sites is 1. The number of methoxy groups -OCH3 is 1. The lowest BCUT2D eigenvalue weighted by molar-refractivity contribution is -0.122. The molecule has 1 aromatic rings. The fourth-order valence-corrected chi connectivity index (χ4v) is 2.42. The third kappa shape index (κ3) is 5.76. The standard InChI is InChI=1S/C17H28N2O2/c1-17(2,14-10-7-8-11-15(14)21-3)19-16(20)12-6-4-5-9-13-18/h7-8,10-11H,4-6,9,12-13,18H2,1-3H3,(H,19,20). The number of unbranched alkanes of at least 4 members (excludes halogenated alkanes) is 3. The van der Waals surface area contributed by atoms with Gasteiger partial charge in [0.25, 0.3) is 0 Å². The molecule has 0 saturated carbocycles. The van der Waals surface area contributed by atoms with Gasteiger partial charge in [0.05, 0.1) is 12.6 Å². The fraction of sp³-hybridized carbons (Fsp3) is 0.588. The maximum absolute atomic E-state index is 12.1. The van der Waals surface area contributed by atoms with Gasteiger partial charge in [-0.1, -0.05) is 31.0 Å². The van der Waals surface area contributed by atoms with Crippen LogP contribution < -0.4 is 15.8 Å². The quantitative estimate of drug-likeness (QED) is 0.688. The molecule has 0 aliphatic carbocycles. The van der Waals surface area contributed by atoms with E-state index in [0.717, 1.165) is 43.5 Å². The molecule has 0 aliphatic rings. The average molecular weight is 292 g/mol. The topological polar surface area (TPSA) is 64.3 Å². The van der Waals surface area contributed by atoms with Crippen molar-refractivity contribution in [2.24, 2.45) is 5.73 Å². The lowest BCUT2D eigenvalue weighted by atomic mass is 9.93. The Balaban J connectivity index is 2.53. The predicted molar refractivity (Wildman–Crippen MR) is 86.3 cm³/mol.